The van der Waals surface area contributed by atoms with Crippen LogP contribution in [0.15, 0.2) is 54.6 Å². The summed E-state index contributed by atoms with van der Waals surface area (Å²) in [5.41, 5.74) is 3.10. The normalized spacial score (nSPS) is 12.2. The van der Waals surface area contributed by atoms with Crippen molar-refractivity contribution in [3.8, 4) is 22.6 Å². The number of benzene rings is 3. The van der Waals surface area contributed by atoms with Crippen molar-refractivity contribution in [2.45, 2.75) is 13.0 Å². The van der Waals surface area contributed by atoms with E-state index in [-0.39, 0.29) is 30.2 Å². The van der Waals surface area contributed by atoms with Gasteiger partial charge in [-0.25, -0.2) is 13.2 Å². The number of hydrogen-bond donors (Lipinski definition) is 5. The Balaban J connectivity index is 1.54. The number of aromatic hydroxyl groups is 1. The molecule has 3 rings (SSSR count). The number of nitrogens with one attached hydrogen (secondary N) is 2. The Morgan fingerprint density at radius 2 is 1.78 bits per heavy atom. The zero-order chi connectivity index (χ0) is 26.5. The van der Waals surface area contributed by atoms with Crippen LogP contribution in [-0.2, 0) is 10.0 Å². The van der Waals surface area contributed by atoms with Gasteiger partial charge in [0.15, 0.2) is 0 Å². The number of carboxylic acid groups (broad SMARTS) is 1. The first-order valence-corrected chi connectivity index (χ1v) is 13.2. The molecule has 0 spiro atoms. The van der Waals surface area contributed by atoms with Crippen molar-refractivity contribution < 1.29 is 33.3 Å². The number of aliphatic hydroxyl groups excluding tert-OH is 1. The first-order chi connectivity index (χ1) is 16.9. The number of sulfonamides is 1. The van der Waals surface area contributed by atoms with E-state index in [2.05, 4.69) is 10.0 Å². The SMILES string of the molecule is Cc1cc(-c2ccc(C(=O)O)cc2)cc(Cl)c1OCCNC[C@@H](O)c1ccc(O)c(NS(C)(=O)=O)c1. The van der Waals surface area contributed by atoms with Crippen LogP contribution in [-0.4, -0.2) is 55.7 Å². The number of aromatic carboxylic acids is 1. The largest absolute Gasteiger partial charge is 0.506 e. The monoisotopic (exact) mass is 534 g/mol. The molecule has 0 aliphatic rings. The highest BCUT2D eigenvalue weighted by molar-refractivity contribution is 7.92. The number of phenolic OH excluding ortho intramolecular Hbond substituents is 1. The van der Waals surface area contributed by atoms with Gasteiger partial charge < -0.3 is 25.4 Å². The highest BCUT2D eigenvalue weighted by Crippen LogP contribution is 2.34. The highest BCUT2D eigenvalue weighted by Gasteiger charge is 2.14. The number of halogens is 1. The molecule has 0 unspecified atom stereocenters. The molecule has 0 aliphatic heterocycles. The molecule has 1 atom stereocenters. The number of ether oxygens (including phenoxy) is 1. The summed E-state index contributed by atoms with van der Waals surface area (Å²) in [7, 11) is -3.58. The smallest absolute Gasteiger partial charge is 0.335 e. The molecule has 9 nitrogen and oxygen atoms in total. The third-order valence-electron chi connectivity index (χ3n) is 5.26. The molecule has 0 saturated heterocycles. The summed E-state index contributed by atoms with van der Waals surface area (Å²) >= 11 is 6.43. The minimum absolute atomic E-state index is 0.0104. The van der Waals surface area contributed by atoms with Gasteiger partial charge in [-0.2, -0.15) is 0 Å². The van der Waals surface area contributed by atoms with Gasteiger partial charge in [0.1, 0.15) is 18.1 Å². The minimum Gasteiger partial charge on any atom is -0.506 e. The quantitative estimate of drug-likeness (QED) is 0.184. The fourth-order valence-electron chi connectivity index (χ4n) is 3.51. The zero-order valence-electron chi connectivity index (χ0n) is 19.7. The zero-order valence-corrected chi connectivity index (χ0v) is 21.2. The number of phenols is 1. The fraction of sp³-hybridized carbons (Fsp3) is 0.240. The Morgan fingerprint density at radius 3 is 2.39 bits per heavy atom. The maximum atomic E-state index is 11.4. The van der Waals surface area contributed by atoms with E-state index in [0.29, 0.717) is 22.9 Å². The second-order valence-corrected chi connectivity index (χ2v) is 10.4. The van der Waals surface area contributed by atoms with E-state index < -0.39 is 22.1 Å². The molecule has 3 aromatic rings. The lowest BCUT2D eigenvalue weighted by Gasteiger charge is -2.16. The molecule has 0 saturated carbocycles. The number of hydrogen-bond acceptors (Lipinski definition) is 7. The summed E-state index contributed by atoms with van der Waals surface area (Å²) in [4.78, 5) is 11.0. The van der Waals surface area contributed by atoms with Gasteiger partial charge in [-0.05, 0) is 65.6 Å². The standard InChI is InChI=1S/C25H27ClN2O7S/c1-15-11-19(16-3-5-17(6-4-16)25(31)32)12-20(26)24(15)35-10-9-27-14-23(30)18-7-8-22(29)21(13-18)28-36(2,33)34/h3-8,11-13,23,27-30H,9-10,14H2,1-2H3,(H,31,32)/t23-/m1/s1. The first kappa shape index (κ1) is 27.3. The topological polar surface area (TPSA) is 145 Å². The van der Waals surface area contributed by atoms with Crippen molar-refractivity contribution in [2.24, 2.45) is 0 Å². The van der Waals surface area contributed by atoms with Crippen molar-refractivity contribution >= 4 is 33.3 Å². The van der Waals surface area contributed by atoms with Gasteiger partial charge in [0.2, 0.25) is 10.0 Å². The Labute approximate surface area is 214 Å². The van der Waals surface area contributed by atoms with Crippen LogP contribution in [0.1, 0.15) is 27.6 Å². The fourth-order valence-corrected chi connectivity index (χ4v) is 4.39. The molecule has 0 amide bonds. The summed E-state index contributed by atoms with van der Waals surface area (Å²) in [5, 5.41) is 32.8. The van der Waals surface area contributed by atoms with Crippen molar-refractivity contribution in [2.75, 3.05) is 30.7 Å². The molecule has 0 radical (unpaired) electrons. The molecule has 0 aromatic heterocycles. The van der Waals surface area contributed by atoms with Crippen molar-refractivity contribution in [3.05, 3.63) is 76.3 Å². The average Bonchev–Trinajstić information content (AvgIpc) is 2.80. The molecular weight excluding hydrogens is 508 g/mol. The van der Waals surface area contributed by atoms with E-state index in [9.17, 15) is 23.4 Å². The van der Waals surface area contributed by atoms with Crippen LogP contribution < -0.4 is 14.8 Å². The number of anilines is 1. The minimum atomic E-state index is -3.58. The molecule has 3 aromatic carbocycles. The Hall–Kier alpha value is -3.31. The van der Waals surface area contributed by atoms with Crippen molar-refractivity contribution in [3.63, 3.8) is 0 Å². The van der Waals surface area contributed by atoms with E-state index in [1.54, 1.807) is 18.2 Å². The molecule has 192 valence electrons. The van der Waals surface area contributed by atoms with E-state index >= 15 is 0 Å². The van der Waals surface area contributed by atoms with Gasteiger partial charge in [0.05, 0.1) is 28.6 Å². The molecule has 36 heavy (non-hydrogen) atoms. The van der Waals surface area contributed by atoms with Gasteiger partial charge >= 0.3 is 5.97 Å². The third-order valence-corrected chi connectivity index (χ3v) is 6.13. The van der Waals surface area contributed by atoms with Crippen LogP contribution in [0.5, 0.6) is 11.5 Å². The highest BCUT2D eigenvalue weighted by atomic mass is 35.5. The van der Waals surface area contributed by atoms with Crippen LogP contribution in [0.2, 0.25) is 5.02 Å². The second-order valence-electron chi connectivity index (χ2n) is 8.21. The lowest BCUT2D eigenvalue weighted by Crippen LogP contribution is -2.26. The molecule has 0 heterocycles. The van der Waals surface area contributed by atoms with Crippen LogP contribution in [0.3, 0.4) is 0 Å². The summed E-state index contributed by atoms with van der Waals surface area (Å²) < 4.78 is 30.9. The Kier molecular flexibility index (Phi) is 8.80. The predicted molar refractivity (Wildman–Crippen MR) is 138 cm³/mol. The van der Waals surface area contributed by atoms with Gasteiger partial charge in [-0.3, -0.25) is 4.72 Å². The lowest BCUT2D eigenvalue weighted by atomic mass is 10.0. The number of carboxylic acids is 1. The van der Waals surface area contributed by atoms with Crippen molar-refractivity contribution in [1.29, 1.82) is 0 Å². The number of carbonyl (C=O) groups is 1. The summed E-state index contributed by atoms with van der Waals surface area (Å²) in [5.74, 6) is -0.703. The molecule has 0 bridgehead atoms. The molecule has 5 N–H and O–H groups in total. The Morgan fingerprint density at radius 1 is 1.08 bits per heavy atom. The summed E-state index contributed by atoms with van der Waals surface area (Å²) in [6.45, 7) is 2.71. The summed E-state index contributed by atoms with van der Waals surface area (Å²) in [6, 6.07) is 14.4. The molecular formula is C25H27ClN2O7S. The third kappa shape index (κ3) is 7.34. The molecule has 0 aliphatic carbocycles. The summed E-state index contributed by atoms with van der Waals surface area (Å²) in [6.07, 6.45) is 0.0276. The number of rotatable bonds is 11. The predicted octanol–water partition coefficient (Wildman–Crippen LogP) is 3.79. The van der Waals surface area contributed by atoms with Crippen LogP contribution in [0.25, 0.3) is 11.1 Å². The number of aryl methyl sites for hydroxylation is 1. The van der Waals surface area contributed by atoms with Gasteiger partial charge in [-0.1, -0.05) is 29.8 Å². The van der Waals surface area contributed by atoms with Gasteiger partial charge in [0.25, 0.3) is 0 Å². The van der Waals surface area contributed by atoms with E-state index in [0.717, 1.165) is 22.9 Å². The van der Waals surface area contributed by atoms with Crippen molar-refractivity contribution in [1.82, 2.24) is 5.32 Å². The van der Waals surface area contributed by atoms with Crippen LogP contribution in [0.4, 0.5) is 5.69 Å². The van der Waals surface area contributed by atoms with Crippen LogP contribution >= 0.6 is 11.6 Å². The number of aliphatic hydroxyl groups is 1. The second kappa shape index (κ2) is 11.6. The van der Waals surface area contributed by atoms with Crippen LogP contribution in [0, 0.1) is 6.92 Å². The van der Waals surface area contributed by atoms with E-state index in [4.69, 9.17) is 21.4 Å². The lowest BCUT2D eigenvalue weighted by molar-refractivity contribution is 0.0697. The van der Waals surface area contributed by atoms with Gasteiger partial charge in [0, 0.05) is 13.1 Å². The molecule has 11 heteroatoms. The van der Waals surface area contributed by atoms with E-state index in [1.165, 1.54) is 30.3 Å². The first-order valence-electron chi connectivity index (χ1n) is 10.9. The maximum absolute atomic E-state index is 11.4. The Bertz CT molecular complexity index is 1320. The maximum Gasteiger partial charge on any atom is 0.335 e. The molecule has 0 fully saturated rings. The van der Waals surface area contributed by atoms with Gasteiger partial charge in [-0.15, -0.1) is 0 Å². The average molecular weight is 535 g/mol. The van der Waals surface area contributed by atoms with E-state index in [1.807, 2.05) is 13.0 Å².